The molecule has 0 atom stereocenters. The molecule has 2 aromatic carbocycles. The average Bonchev–Trinajstić information content (AvgIpc) is 3.11. The molecule has 3 rings (SSSR count). The number of anilines is 1. The Morgan fingerprint density at radius 1 is 0.968 bits per heavy atom. The minimum atomic E-state index is -1.61. The van der Waals surface area contributed by atoms with Gasteiger partial charge in [0.15, 0.2) is 22.3 Å². The standard InChI is InChI=1S/C20H13Cl2N3O5S/c1-10(26)23-20-17(25(29)30)16(24-31-20)15(18(27)11-2-6-13(21)7-3-11)19(28)12-4-8-14(22)9-5-12/h2-9,15H,1H3,(H,23,26). The monoisotopic (exact) mass is 477 g/mol. The van der Waals surface area contributed by atoms with E-state index < -0.39 is 34.0 Å². The Kier molecular flexibility index (Phi) is 6.79. The third-order valence-electron chi connectivity index (χ3n) is 4.22. The molecule has 1 N–H and O–H groups in total. The van der Waals surface area contributed by atoms with Gasteiger partial charge in [-0.2, -0.15) is 4.37 Å². The summed E-state index contributed by atoms with van der Waals surface area (Å²) in [6.45, 7) is 1.18. The van der Waals surface area contributed by atoms with Crippen molar-refractivity contribution in [1.29, 1.82) is 0 Å². The fourth-order valence-corrected chi connectivity index (χ4v) is 3.92. The molecule has 3 aromatic rings. The first-order valence-electron chi connectivity index (χ1n) is 8.70. The summed E-state index contributed by atoms with van der Waals surface area (Å²) in [7, 11) is 0. The zero-order valence-corrected chi connectivity index (χ0v) is 18.1. The second-order valence-corrected chi connectivity index (χ2v) is 8.01. The quantitative estimate of drug-likeness (QED) is 0.217. The van der Waals surface area contributed by atoms with Crippen LogP contribution in [0.15, 0.2) is 48.5 Å². The number of carbonyl (C=O) groups excluding carboxylic acids is 3. The molecule has 11 heteroatoms. The van der Waals surface area contributed by atoms with Crippen molar-refractivity contribution in [2.75, 3.05) is 5.32 Å². The van der Waals surface area contributed by atoms with E-state index in [4.69, 9.17) is 23.2 Å². The highest BCUT2D eigenvalue weighted by Gasteiger charge is 2.40. The smallest absolute Gasteiger partial charge is 0.311 e. The van der Waals surface area contributed by atoms with E-state index in [1.54, 1.807) is 0 Å². The molecule has 0 aliphatic rings. The van der Waals surface area contributed by atoms with Crippen LogP contribution in [0.2, 0.25) is 10.0 Å². The predicted molar refractivity (Wildman–Crippen MR) is 117 cm³/mol. The summed E-state index contributed by atoms with van der Waals surface area (Å²) >= 11 is 12.4. The van der Waals surface area contributed by atoms with Crippen molar-refractivity contribution < 1.29 is 19.3 Å². The third-order valence-corrected chi connectivity index (χ3v) is 5.49. The molecule has 1 amide bonds. The number of rotatable bonds is 7. The molecule has 0 saturated heterocycles. The summed E-state index contributed by atoms with van der Waals surface area (Å²) in [4.78, 5) is 49.0. The molecule has 0 fully saturated rings. The number of hydrogen-bond donors (Lipinski definition) is 1. The van der Waals surface area contributed by atoms with Crippen molar-refractivity contribution in [1.82, 2.24) is 4.37 Å². The lowest BCUT2D eigenvalue weighted by Gasteiger charge is -2.13. The molecule has 0 radical (unpaired) electrons. The van der Waals surface area contributed by atoms with Gasteiger partial charge in [0.25, 0.3) is 0 Å². The highest BCUT2D eigenvalue weighted by atomic mass is 35.5. The Labute approximate surface area is 190 Å². The highest BCUT2D eigenvalue weighted by Crippen LogP contribution is 2.39. The predicted octanol–water partition coefficient (Wildman–Crippen LogP) is 5.17. The zero-order valence-electron chi connectivity index (χ0n) is 15.8. The first kappa shape index (κ1) is 22.5. The SMILES string of the molecule is CC(=O)Nc1snc(C(C(=O)c2ccc(Cl)cc2)C(=O)c2ccc(Cl)cc2)c1[N+](=O)[O-]. The summed E-state index contributed by atoms with van der Waals surface area (Å²) in [6.07, 6.45) is 0. The Hall–Kier alpha value is -3.14. The molecular weight excluding hydrogens is 465 g/mol. The van der Waals surface area contributed by atoms with Gasteiger partial charge < -0.3 is 5.32 Å². The van der Waals surface area contributed by atoms with Crippen molar-refractivity contribution in [3.63, 3.8) is 0 Å². The molecule has 31 heavy (non-hydrogen) atoms. The maximum atomic E-state index is 13.3. The Morgan fingerprint density at radius 2 is 1.42 bits per heavy atom. The summed E-state index contributed by atoms with van der Waals surface area (Å²) in [5.41, 5.74) is -0.700. The topological polar surface area (TPSA) is 119 Å². The minimum absolute atomic E-state index is 0.125. The summed E-state index contributed by atoms with van der Waals surface area (Å²) in [5, 5.41) is 14.7. The van der Waals surface area contributed by atoms with Crippen molar-refractivity contribution in [3.05, 3.63) is 85.5 Å². The molecule has 8 nitrogen and oxygen atoms in total. The lowest BCUT2D eigenvalue weighted by atomic mass is 9.87. The number of nitrogens with one attached hydrogen (secondary N) is 1. The van der Waals surface area contributed by atoms with E-state index in [2.05, 4.69) is 9.69 Å². The number of amides is 1. The van der Waals surface area contributed by atoms with Gasteiger partial charge in [0.05, 0.1) is 4.92 Å². The fourth-order valence-electron chi connectivity index (χ4n) is 2.83. The number of aromatic nitrogens is 1. The second kappa shape index (κ2) is 9.34. The van der Waals surface area contributed by atoms with E-state index in [1.807, 2.05) is 0 Å². The van der Waals surface area contributed by atoms with Crippen LogP contribution in [0.5, 0.6) is 0 Å². The van der Waals surface area contributed by atoms with Gasteiger partial charge >= 0.3 is 5.69 Å². The molecular formula is C20H13Cl2N3O5S. The average molecular weight is 478 g/mol. The maximum absolute atomic E-state index is 13.3. The minimum Gasteiger partial charge on any atom is -0.311 e. The van der Waals surface area contributed by atoms with Crippen molar-refractivity contribution in [2.24, 2.45) is 0 Å². The van der Waals surface area contributed by atoms with Crippen LogP contribution in [-0.4, -0.2) is 26.8 Å². The number of hydrogen-bond acceptors (Lipinski definition) is 7. The maximum Gasteiger partial charge on any atom is 0.328 e. The second-order valence-electron chi connectivity index (χ2n) is 6.36. The number of ketones is 2. The first-order chi connectivity index (χ1) is 14.7. The number of nitro groups is 1. The Morgan fingerprint density at radius 3 is 1.81 bits per heavy atom. The highest BCUT2D eigenvalue weighted by molar-refractivity contribution is 7.11. The van der Waals surface area contributed by atoms with Crippen LogP contribution in [0.1, 0.15) is 39.3 Å². The number of halogens is 2. The molecule has 0 aliphatic carbocycles. The largest absolute Gasteiger partial charge is 0.328 e. The summed E-state index contributed by atoms with van der Waals surface area (Å²) < 4.78 is 4.01. The molecule has 158 valence electrons. The van der Waals surface area contributed by atoms with Crippen LogP contribution in [-0.2, 0) is 4.79 Å². The third kappa shape index (κ3) is 4.96. The number of Topliss-reactive ketones (excluding diaryl/α,β-unsaturated/α-hetero) is 2. The van der Waals surface area contributed by atoms with Crippen LogP contribution in [0.4, 0.5) is 10.7 Å². The lowest BCUT2D eigenvalue weighted by molar-refractivity contribution is -0.384. The molecule has 1 aromatic heterocycles. The van der Waals surface area contributed by atoms with Crippen LogP contribution < -0.4 is 5.32 Å². The van der Waals surface area contributed by atoms with Gasteiger partial charge in [-0.15, -0.1) is 0 Å². The molecule has 1 heterocycles. The van der Waals surface area contributed by atoms with Gasteiger partial charge in [0, 0.05) is 28.1 Å². The Balaban J connectivity index is 2.17. The van der Waals surface area contributed by atoms with E-state index in [-0.39, 0.29) is 21.8 Å². The van der Waals surface area contributed by atoms with Gasteiger partial charge in [-0.3, -0.25) is 24.5 Å². The van der Waals surface area contributed by atoms with E-state index in [9.17, 15) is 24.5 Å². The van der Waals surface area contributed by atoms with Crippen LogP contribution >= 0.6 is 34.7 Å². The summed E-state index contributed by atoms with van der Waals surface area (Å²) in [6, 6.07) is 11.5. The number of benzene rings is 2. The van der Waals surface area contributed by atoms with Gasteiger partial charge in [-0.05, 0) is 60.1 Å². The van der Waals surface area contributed by atoms with Crippen LogP contribution in [0, 0.1) is 10.1 Å². The van der Waals surface area contributed by atoms with Crippen molar-refractivity contribution in [3.8, 4) is 0 Å². The molecule has 0 aliphatic heterocycles. The first-order valence-corrected chi connectivity index (χ1v) is 10.2. The Bertz CT molecular complexity index is 1120. The van der Waals surface area contributed by atoms with Crippen molar-refractivity contribution in [2.45, 2.75) is 12.8 Å². The van der Waals surface area contributed by atoms with Crippen molar-refractivity contribution >= 4 is 62.9 Å². The molecule has 0 unspecified atom stereocenters. The van der Waals surface area contributed by atoms with E-state index in [1.165, 1.54) is 55.5 Å². The van der Waals surface area contributed by atoms with Crippen LogP contribution in [0.3, 0.4) is 0 Å². The van der Waals surface area contributed by atoms with Gasteiger partial charge in [0.2, 0.25) is 5.91 Å². The zero-order chi connectivity index (χ0) is 22.7. The molecule has 0 bridgehead atoms. The van der Waals surface area contributed by atoms with E-state index >= 15 is 0 Å². The number of carbonyl (C=O) groups is 3. The lowest BCUT2D eigenvalue weighted by Crippen LogP contribution is -2.24. The molecule has 0 spiro atoms. The van der Waals surface area contributed by atoms with E-state index in [0.29, 0.717) is 21.6 Å². The number of nitrogens with zero attached hydrogens (tertiary/aromatic N) is 2. The summed E-state index contributed by atoms with van der Waals surface area (Å²) in [5.74, 6) is -3.55. The normalized spacial score (nSPS) is 10.7. The fraction of sp³-hybridized carbons (Fsp3) is 0.100. The van der Waals surface area contributed by atoms with E-state index in [0.717, 1.165) is 0 Å². The molecule has 0 saturated carbocycles. The van der Waals surface area contributed by atoms with Gasteiger partial charge in [-0.25, -0.2) is 0 Å². The van der Waals surface area contributed by atoms with Gasteiger partial charge in [0.1, 0.15) is 5.92 Å². The van der Waals surface area contributed by atoms with Crippen LogP contribution in [0.25, 0.3) is 0 Å². The van der Waals surface area contributed by atoms with Gasteiger partial charge in [-0.1, -0.05) is 23.2 Å².